The van der Waals surface area contributed by atoms with E-state index in [4.69, 9.17) is 4.42 Å². The molecule has 0 fully saturated rings. The standard InChI is InChI=1S/C21H17N5O4/c1-12(27)22-14-5-2-4-13(8-14)10-25-11-15-19(21(25)29)23-18-9-16(17-6-3-7-30-17)24-26(18)20(15)28/h2-9,24H,10-11H2,1H3,(H,22,27). The minimum absolute atomic E-state index is 0.169. The number of anilines is 1. The molecular weight excluding hydrogens is 386 g/mol. The minimum Gasteiger partial charge on any atom is -0.463 e. The number of amides is 2. The van der Waals surface area contributed by atoms with Crippen molar-refractivity contribution in [1.82, 2.24) is 19.5 Å². The number of nitrogens with zero attached hydrogens (tertiary/aromatic N) is 3. The van der Waals surface area contributed by atoms with Crippen LogP contribution >= 0.6 is 0 Å². The van der Waals surface area contributed by atoms with E-state index in [2.05, 4.69) is 15.4 Å². The maximum Gasteiger partial charge on any atom is 0.278 e. The van der Waals surface area contributed by atoms with E-state index in [0.29, 0.717) is 34.9 Å². The van der Waals surface area contributed by atoms with Gasteiger partial charge in [-0.05, 0) is 29.8 Å². The lowest BCUT2D eigenvalue weighted by molar-refractivity contribution is -0.114. The third-order valence-corrected chi connectivity index (χ3v) is 4.95. The lowest BCUT2D eigenvalue weighted by Crippen LogP contribution is -2.24. The maximum atomic E-state index is 13.0. The molecule has 0 spiro atoms. The number of furan rings is 1. The molecule has 0 saturated carbocycles. The van der Waals surface area contributed by atoms with Gasteiger partial charge in [-0.25, -0.2) is 9.50 Å². The van der Waals surface area contributed by atoms with E-state index in [1.54, 1.807) is 47.6 Å². The van der Waals surface area contributed by atoms with Gasteiger partial charge in [0.25, 0.3) is 11.5 Å². The average molecular weight is 403 g/mol. The van der Waals surface area contributed by atoms with Crippen molar-refractivity contribution in [1.29, 1.82) is 0 Å². The monoisotopic (exact) mass is 403 g/mol. The predicted molar refractivity (Wildman–Crippen MR) is 108 cm³/mol. The van der Waals surface area contributed by atoms with Gasteiger partial charge >= 0.3 is 0 Å². The molecule has 1 aromatic carbocycles. The quantitative estimate of drug-likeness (QED) is 0.543. The van der Waals surface area contributed by atoms with E-state index in [1.165, 1.54) is 11.4 Å². The molecule has 9 nitrogen and oxygen atoms in total. The van der Waals surface area contributed by atoms with Gasteiger partial charge in [0.1, 0.15) is 11.4 Å². The van der Waals surface area contributed by atoms with Crippen LogP contribution in [0.25, 0.3) is 17.1 Å². The Morgan fingerprint density at radius 2 is 2.10 bits per heavy atom. The fourth-order valence-electron chi connectivity index (χ4n) is 3.65. The molecule has 0 bridgehead atoms. The molecule has 1 aliphatic heterocycles. The van der Waals surface area contributed by atoms with Gasteiger partial charge in [0.05, 0.1) is 18.4 Å². The number of rotatable bonds is 4. The highest BCUT2D eigenvalue weighted by Gasteiger charge is 2.32. The first-order valence-corrected chi connectivity index (χ1v) is 9.34. The Morgan fingerprint density at radius 3 is 2.87 bits per heavy atom. The molecule has 1 aliphatic rings. The Balaban J connectivity index is 1.45. The normalized spacial score (nSPS) is 13.1. The fourth-order valence-corrected chi connectivity index (χ4v) is 3.65. The summed E-state index contributed by atoms with van der Waals surface area (Å²) in [4.78, 5) is 43.1. The zero-order valence-corrected chi connectivity index (χ0v) is 16.0. The Labute approximate surface area is 169 Å². The lowest BCUT2D eigenvalue weighted by atomic mass is 10.2. The Kier molecular flexibility index (Phi) is 4.02. The number of H-pyrrole nitrogens is 1. The number of nitrogens with one attached hydrogen (secondary N) is 2. The molecule has 0 unspecified atom stereocenters. The SMILES string of the molecule is CC(=O)Nc1cccc(CN2Cc3c(nc4cc(-c5ccco5)[nH]n4c3=O)C2=O)c1. The van der Waals surface area contributed by atoms with Crippen LogP contribution in [0.1, 0.15) is 28.5 Å². The van der Waals surface area contributed by atoms with Gasteiger partial charge < -0.3 is 14.6 Å². The summed E-state index contributed by atoms with van der Waals surface area (Å²) in [6.07, 6.45) is 1.54. The highest BCUT2D eigenvalue weighted by atomic mass is 16.3. The third-order valence-electron chi connectivity index (χ3n) is 4.95. The number of hydrogen-bond donors (Lipinski definition) is 2. The summed E-state index contributed by atoms with van der Waals surface area (Å²) in [5, 5.41) is 5.70. The van der Waals surface area contributed by atoms with Crippen LogP contribution in [0.3, 0.4) is 0 Å². The van der Waals surface area contributed by atoms with Crippen LogP contribution < -0.4 is 10.9 Å². The Morgan fingerprint density at radius 1 is 1.23 bits per heavy atom. The third kappa shape index (κ3) is 2.96. The summed E-state index contributed by atoms with van der Waals surface area (Å²) >= 11 is 0. The van der Waals surface area contributed by atoms with Crippen molar-refractivity contribution in [2.45, 2.75) is 20.0 Å². The molecule has 150 valence electrons. The topological polar surface area (TPSA) is 113 Å². The van der Waals surface area contributed by atoms with Gasteiger partial charge in [-0.2, -0.15) is 0 Å². The molecular formula is C21H17N5O4. The van der Waals surface area contributed by atoms with Crippen LogP contribution in [0, 0.1) is 0 Å². The molecule has 4 heterocycles. The van der Waals surface area contributed by atoms with Crippen LogP contribution in [0.15, 0.2) is 57.9 Å². The van der Waals surface area contributed by atoms with Crippen LogP contribution in [-0.4, -0.2) is 31.3 Å². The molecule has 5 rings (SSSR count). The summed E-state index contributed by atoms with van der Waals surface area (Å²) in [5.74, 6) is 0.111. The molecule has 0 atom stereocenters. The van der Waals surface area contributed by atoms with Crippen molar-refractivity contribution < 1.29 is 14.0 Å². The first-order valence-electron chi connectivity index (χ1n) is 9.34. The van der Waals surface area contributed by atoms with E-state index >= 15 is 0 Å². The second-order valence-electron chi connectivity index (χ2n) is 7.13. The molecule has 0 saturated heterocycles. The van der Waals surface area contributed by atoms with Gasteiger partial charge in [0.2, 0.25) is 5.91 Å². The first-order chi connectivity index (χ1) is 14.5. The van der Waals surface area contributed by atoms with E-state index in [-0.39, 0.29) is 29.6 Å². The van der Waals surface area contributed by atoms with Crippen molar-refractivity contribution >= 4 is 23.1 Å². The summed E-state index contributed by atoms with van der Waals surface area (Å²) in [7, 11) is 0. The second kappa shape index (κ2) is 6.73. The van der Waals surface area contributed by atoms with Crippen molar-refractivity contribution in [3.8, 4) is 11.5 Å². The molecule has 0 radical (unpaired) electrons. The van der Waals surface area contributed by atoms with Crippen LogP contribution in [0.2, 0.25) is 0 Å². The number of benzene rings is 1. The average Bonchev–Trinajstić information content (AvgIpc) is 3.43. The summed E-state index contributed by atoms with van der Waals surface area (Å²) < 4.78 is 6.68. The number of carbonyl (C=O) groups is 2. The van der Waals surface area contributed by atoms with Gasteiger partial charge in [0, 0.05) is 25.2 Å². The van der Waals surface area contributed by atoms with E-state index < -0.39 is 0 Å². The lowest BCUT2D eigenvalue weighted by Gasteiger charge is -2.15. The van der Waals surface area contributed by atoms with Crippen molar-refractivity contribution in [2.24, 2.45) is 0 Å². The maximum absolute atomic E-state index is 13.0. The second-order valence-corrected chi connectivity index (χ2v) is 7.13. The number of aromatic nitrogens is 3. The molecule has 4 aromatic rings. The van der Waals surface area contributed by atoms with E-state index in [0.717, 1.165) is 5.56 Å². The predicted octanol–water partition coefficient (Wildman–Crippen LogP) is 2.40. The Bertz CT molecular complexity index is 1350. The minimum atomic E-state index is -0.310. The first kappa shape index (κ1) is 17.9. The largest absolute Gasteiger partial charge is 0.463 e. The number of aromatic amines is 1. The highest BCUT2D eigenvalue weighted by molar-refractivity contribution is 5.96. The molecule has 9 heteroatoms. The van der Waals surface area contributed by atoms with Crippen molar-refractivity contribution in [3.63, 3.8) is 0 Å². The summed E-state index contributed by atoms with van der Waals surface area (Å²) in [6.45, 7) is 1.91. The van der Waals surface area contributed by atoms with Crippen LogP contribution in [0.5, 0.6) is 0 Å². The van der Waals surface area contributed by atoms with Crippen LogP contribution in [-0.2, 0) is 17.9 Å². The highest BCUT2D eigenvalue weighted by Crippen LogP contribution is 2.24. The number of carbonyl (C=O) groups excluding carboxylic acids is 2. The van der Waals surface area contributed by atoms with Crippen molar-refractivity contribution in [2.75, 3.05) is 5.32 Å². The summed E-state index contributed by atoms with van der Waals surface area (Å²) in [6, 6.07) is 12.4. The molecule has 30 heavy (non-hydrogen) atoms. The van der Waals surface area contributed by atoms with E-state index in [1.807, 2.05) is 6.07 Å². The number of fused-ring (bicyclic) bond motifs is 2. The fraction of sp³-hybridized carbons (Fsp3) is 0.143. The smallest absolute Gasteiger partial charge is 0.278 e. The molecule has 2 amide bonds. The Hall–Kier alpha value is -4.14. The number of hydrogen-bond acceptors (Lipinski definition) is 5. The van der Waals surface area contributed by atoms with E-state index in [9.17, 15) is 14.4 Å². The van der Waals surface area contributed by atoms with Crippen LogP contribution in [0.4, 0.5) is 5.69 Å². The van der Waals surface area contributed by atoms with Gasteiger partial charge in [0.15, 0.2) is 11.4 Å². The molecule has 3 aromatic heterocycles. The zero-order valence-electron chi connectivity index (χ0n) is 16.0. The zero-order chi connectivity index (χ0) is 20.8. The van der Waals surface area contributed by atoms with Gasteiger partial charge in [-0.15, -0.1) is 0 Å². The summed E-state index contributed by atoms with van der Waals surface area (Å²) in [5.41, 5.74) is 2.66. The van der Waals surface area contributed by atoms with Gasteiger partial charge in [-0.3, -0.25) is 19.5 Å². The van der Waals surface area contributed by atoms with Gasteiger partial charge in [-0.1, -0.05) is 12.1 Å². The molecule has 2 N–H and O–H groups in total. The van der Waals surface area contributed by atoms with Crippen molar-refractivity contribution in [3.05, 3.63) is 75.9 Å². The molecule has 0 aliphatic carbocycles.